The summed E-state index contributed by atoms with van der Waals surface area (Å²) in [6.07, 6.45) is 0. The van der Waals surface area contributed by atoms with Crippen molar-refractivity contribution in [2.24, 2.45) is 0 Å². The second kappa shape index (κ2) is 13.0. The summed E-state index contributed by atoms with van der Waals surface area (Å²) in [5.41, 5.74) is 4.43. The molecule has 0 aliphatic carbocycles. The summed E-state index contributed by atoms with van der Waals surface area (Å²) in [6, 6.07) is 32.1. The van der Waals surface area contributed by atoms with Gasteiger partial charge in [-0.3, -0.25) is 0 Å². The van der Waals surface area contributed by atoms with E-state index in [1.165, 1.54) is 0 Å². The third kappa shape index (κ3) is 5.53. The van der Waals surface area contributed by atoms with Crippen LogP contribution in [-0.2, 0) is 0 Å². The average Bonchev–Trinajstić information content (AvgIpc) is 3.95. The lowest BCUT2D eigenvalue weighted by Gasteiger charge is -2.12. The van der Waals surface area contributed by atoms with E-state index in [0.29, 0.717) is 16.7 Å². The molecule has 5 nitrogen and oxygen atoms in total. The third-order valence-electron chi connectivity index (χ3n) is 9.73. The summed E-state index contributed by atoms with van der Waals surface area (Å²) in [7, 11) is 0. The zero-order valence-electron chi connectivity index (χ0n) is 40.2. The number of hydrogen-bond donors (Lipinski definition) is 0. The first-order chi connectivity index (χ1) is 32.3. The molecule has 0 aliphatic rings. The highest BCUT2D eigenvalue weighted by Gasteiger charge is 2.18. The van der Waals surface area contributed by atoms with E-state index < -0.39 is 77.6 Å². The molecule has 0 unspecified atom stereocenters. The third-order valence-corrected chi connectivity index (χ3v) is 9.73. The SMILES string of the molecule is [2H]c1c([2H])c([2H])c(-c2c([2H])c([2H])c3oc4c([2H])c(-c5nc(-c6ccc(-c7ccccc7)cc6)nc(-c6ccccc6-c6ccc7c(c6)oc6ccccc67)n5)c([2H])c([2H])c4c3c2[2H])c([2H])c1[2H]. The van der Waals surface area contributed by atoms with Gasteiger partial charge in [0.05, 0.1) is 15.1 Å². The molecule has 0 atom stereocenters. The molecule has 56 heavy (non-hydrogen) atoms. The van der Waals surface area contributed by atoms with Crippen LogP contribution in [0.1, 0.15) is 15.1 Å². The Labute approximate surface area is 337 Å². The molecule has 0 saturated carbocycles. The number of nitrogens with zero attached hydrogens (tertiary/aromatic N) is 3. The van der Waals surface area contributed by atoms with Crippen LogP contribution in [0.5, 0.6) is 0 Å². The quantitative estimate of drug-likeness (QED) is 0.171. The maximum absolute atomic E-state index is 9.57. The zero-order valence-corrected chi connectivity index (χ0v) is 29.2. The van der Waals surface area contributed by atoms with E-state index >= 15 is 0 Å². The van der Waals surface area contributed by atoms with Gasteiger partial charge in [-0.15, -0.1) is 0 Å². The second-order valence-electron chi connectivity index (χ2n) is 13.1. The Hall–Kier alpha value is -7.63. The van der Waals surface area contributed by atoms with Gasteiger partial charge in [0, 0.05) is 38.2 Å². The van der Waals surface area contributed by atoms with Crippen molar-refractivity contribution in [1.29, 1.82) is 0 Å². The lowest BCUT2D eigenvalue weighted by Crippen LogP contribution is -2.01. The van der Waals surface area contributed by atoms with Crippen LogP contribution in [0.25, 0.3) is 111 Å². The zero-order chi connectivity index (χ0) is 46.6. The maximum Gasteiger partial charge on any atom is 0.164 e. The summed E-state index contributed by atoms with van der Waals surface area (Å²) in [5.74, 6) is 0.284. The van der Waals surface area contributed by atoms with Crippen LogP contribution in [0.15, 0.2) is 197 Å². The number of fused-ring (bicyclic) bond motifs is 6. The molecule has 3 heterocycles. The molecule has 0 aliphatic heterocycles. The van der Waals surface area contributed by atoms with Crippen molar-refractivity contribution in [2.45, 2.75) is 0 Å². The molecule has 0 saturated heterocycles. The van der Waals surface area contributed by atoms with E-state index in [1.807, 2.05) is 121 Å². The van der Waals surface area contributed by atoms with Crippen LogP contribution in [0, 0.1) is 0 Å². The van der Waals surface area contributed by atoms with Gasteiger partial charge in [-0.2, -0.15) is 0 Å². The van der Waals surface area contributed by atoms with Crippen LogP contribution < -0.4 is 0 Å². The molecule has 0 amide bonds. The van der Waals surface area contributed by atoms with Crippen molar-refractivity contribution < 1.29 is 23.9 Å². The summed E-state index contributed by atoms with van der Waals surface area (Å²) >= 11 is 0. The molecular weight excluding hydrogens is 687 g/mol. The Morgan fingerprint density at radius 1 is 0.339 bits per heavy atom. The predicted octanol–water partition coefficient (Wildman–Crippen LogP) is 13.7. The van der Waals surface area contributed by atoms with Crippen molar-refractivity contribution in [2.75, 3.05) is 0 Å². The Balaban J connectivity index is 1.14. The number of para-hydroxylation sites is 1. The monoisotopic (exact) mass is 728 g/mol. The van der Waals surface area contributed by atoms with Crippen LogP contribution in [-0.4, -0.2) is 15.0 Å². The molecular formula is C51H31N3O2. The molecule has 8 aromatic carbocycles. The first-order valence-corrected chi connectivity index (χ1v) is 17.8. The topological polar surface area (TPSA) is 65.0 Å². The highest BCUT2D eigenvalue weighted by molar-refractivity contribution is 6.08. The lowest BCUT2D eigenvalue weighted by atomic mass is 9.98. The number of hydrogen-bond acceptors (Lipinski definition) is 5. The van der Waals surface area contributed by atoms with E-state index in [1.54, 1.807) is 0 Å². The highest BCUT2D eigenvalue weighted by atomic mass is 16.3. The van der Waals surface area contributed by atoms with E-state index in [-0.39, 0.29) is 45.0 Å². The Bertz CT molecular complexity index is 3860. The van der Waals surface area contributed by atoms with Gasteiger partial charge in [-0.25, -0.2) is 15.0 Å². The smallest absolute Gasteiger partial charge is 0.164 e. The minimum absolute atomic E-state index is 0.126. The molecule has 0 N–H and O–H groups in total. The Kier molecular flexibility index (Phi) is 5.25. The number of aromatic nitrogens is 3. The molecule has 262 valence electrons. The fraction of sp³-hybridized carbons (Fsp3) is 0. The van der Waals surface area contributed by atoms with Crippen LogP contribution in [0.3, 0.4) is 0 Å². The summed E-state index contributed by atoms with van der Waals surface area (Å²) in [4.78, 5) is 14.7. The van der Waals surface area contributed by atoms with Crippen LogP contribution >= 0.6 is 0 Å². The van der Waals surface area contributed by atoms with Crippen molar-refractivity contribution in [3.63, 3.8) is 0 Å². The van der Waals surface area contributed by atoms with E-state index in [0.717, 1.165) is 38.6 Å². The van der Waals surface area contributed by atoms with Gasteiger partial charge in [0.1, 0.15) is 22.3 Å². The number of benzene rings is 8. The fourth-order valence-electron chi connectivity index (χ4n) is 7.01. The molecule has 0 spiro atoms. The molecule has 3 aromatic heterocycles. The van der Waals surface area contributed by atoms with E-state index in [2.05, 4.69) is 0 Å². The molecule has 0 radical (unpaired) electrons. The van der Waals surface area contributed by atoms with Crippen molar-refractivity contribution in [3.05, 3.63) is 188 Å². The standard InChI is InChI=1S/C51H31N3O2/c1-3-11-32(12-4-1)34-19-21-35(22-20-34)49-52-50(38-24-27-42-44-29-36(33-13-5-2-6-14-33)25-28-46(44)56-48(42)31-38)54-51(53-49)43-17-8-7-15-39(43)37-23-26-41-40-16-9-10-18-45(40)55-47(41)30-37/h1-31H/i2D,5D,6D,13D,14D,24D,25D,27D,28D,29D,31D. The largest absolute Gasteiger partial charge is 0.456 e. The molecule has 0 bridgehead atoms. The van der Waals surface area contributed by atoms with Crippen LogP contribution in [0.2, 0.25) is 0 Å². The van der Waals surface area contributed by atoms with Gasteiger partial charge < -0.3 is 8.83 Å². The Morgan fingerprint density at radius 2 is 0.982 bits per heavy atom. The molecule has 11 rings (SSSR count). The van der Waals surface area contributed by atoms with Crippen molar-refractivity contribution in [1.82, 2.24) is 15.0 Å². The number of rotatable bonds is 6. The van der Waals surface area contributed by atoms with Crippen LogP contribution in [0.4, 0.5) is 0 Å². The molecule has 0 fully saturated rings. The van der Waals surface area contributed by atoms with Crippen molar-refractivity contribution in [3.8, 4) is 67.5 Å². The van der Waals surface area contributed by atoms with Gasteiger partial charge in [-0.05, 0) is 75.7 Å². The lowest BCUT2D eigenvalue weighted by molar-refractivity contribution is 0.668. The highest BCUT2D eigenvalue weighted by Crippen LogP contribution is 2.38. The normalized spacial score (nSPS) is 14.3. The first kappa shape index (κ1) is 22.6. The van der Waals surface area contributed by atoms with Crippen molar-refractivity contribution >= 4 is 43.9 Å². The fourth-order valence-corrected chi connectivity index (χ4v) is 7.01. The van der Waals surface area contributed by atoms with E-state index in [4.69, 9.17) is 33.4 Å². The van der Waals surface area contributed by atoms with Gasteiger partial charge in [0.2, 0.25) is 0 Å². The summed E-state index contributed by atoms with van der Waals surface area (Å²) < 4.78 is 110. The molecule has 11 aromatic rings. The minimum atomic E-state index is -0.690. The van der Waals surface area contributed by atoms with Gasteiger partial charge >= 0.3 is 0 Å². The first-order valence-electron chi connectivity index (χ1n) is 23.3. The van der Waals surface area contributed by atoms with Gasteiger partial charge in [0.25, 0.3) is 0 Å². The maximum atomic E-state index is 9.57. The average molecular weight is 729 g/mol. The molecule has 5 heteroatoms. The Morgan fingerprint density at radius 3 is 1.84 bits per heavy atom. The van der Waals surface area contributed by atoms with Gasteiger partial charge in [0.15, 0.2) is 17.5 Å². The second-order valence-corrected chi connectivity index (χ2v) is 13.1. The number of furan rings is 2. The minimum Gasteiger partial charge on any atom is -0.456 e. The predicted molar refractivity (Wildman–Crippen MR) is 227 cm³/mol. The summed E-state index contributed by atoms with van der Waals surface area (Å²) in [5, 5.41) is 1.53. The summed E-state index contributed by atoms with van der Waals surface area (Å²) in [6.45, 7) is 0. The van der Waals surface area contributed by atoms with Gasteiger partial charge in [-0.1, -0.05) is 145 Å². The van der Waals surface area contributed by atoms with E-state index in [9.17, 15) is 5.48 Å².